The number of alkyl halides is 2. The maximum atomic E-state index is 7.82. The fourth-order valence-corrected chi connectivity index (χ4v) is 2.60. The zero-order valence-electron chi connectivity index (χ0n) is 11.8. The van der Waals surface area contributed by atoms with Gasteiger partial charge in [0.25, 0.3) is 0 Å². The number of anilines is 1. The molecular formula is C13H13Cl4N5. The molecule has 2 rings (SSSR count). The Morgan fingerprint density at radius 3 is 2.55 bits per heavy atom. The van der Waals surface area contributed by atoms with Crippen LogP contribution >= 0.6 is 46.4 Å². The Hall–Kier alpha value is -1.01. The van der Waals surface area contributed by atoms with Crippen molar-refractivity contribution in [3.05, 3.63) is 33.4 Å². The zero-order chi connectivity index (χ0) is 16.7. The number of aromatic nitrogens is 3. The second-order valence-electron chi connectivity index (χ2n) is 5.01. The molecule has 0 unspecified atom stereocenters. The molecule has 1 aromatic carbocycles. The molecule has 0 radical (unpaired) electrons. The van der Waals surface area contributed by atoms with E-state index in [9.17, 15) is 0 Å². The third kappa shape index (κ3) is 3.84. The second-order valence-corrected chi connectivity index (χ2v) is 7.65. The van der Waals surface area contributed by atoms with Gasteiger partial charge in [-0.3, -0.25) is 5.41 Å². The van der Waals surface area contributed by atoms with Crippen LogP contribution in [0.4, 0.5) is 5.82 Å². The largest absolute Gasteiger partial charge is 0.382 e. The molecule has 1 aromatic heterocycles. The predicted octanol–water partition coefficient (Wildman–Crippen LogP) is 3.82. The number of halogens is 4. The van der Waals surface area contributed by atoms with Crippen LogP contribution in [-0.4, -0.2) is 19.1 Å². The van der Waals surface area contributed by atoms with Crippen molar-refractivity contribution in [2.24, 2.45) is 0 Å². The first-order valence-electron chi connectivity index (χ1n) is 6.21. The molecule has 5 nitrogen and oxygen atoms in total. The van der Waals surface area contributed by atoms with Crippen molar-refractivity contribution in [3.8, 4) is 11.3 Å². The molecule has 0 aliphatic carbocycles. The minimum Gasteiger partial charge on any atom is -0.382 e. The summed E-state index contributed by atoms with van der Waals surface area (Å²) in [6.07, 6.45) is 0. The van der Waals surface area contributed by atoms with Gasteiger partial charge in [0.2, 0.25) is 5.62 Å². The topological polar surface area (TPSA) is 80.6 Å². The fraction of sp³-hybridized carbons (Fsp3) is 0.308. The minimum atomic E-state index is -1.10. The van der Waals surface area contributed by atoms with Crippen LogP contribution < -0.4 is 11.4 Å². The van der Waals surface area contributed by atoms with E-state index in [0.29, 0.717) is 21.3 Å². The summed E-state index contributed by atoms with van der Waals surface area (Å²) in [7, 11) is 0. The zero-order valence-corrected chi connectivity index (χ0v) is 14.8. The van der Waals surface area contributed by atoms with E-state index in [1.165, 1.54) is 4.68 Å². The van der Waals surface area contributed by atoms with Crippen molar-refractivity contribution in [3.63, 3.8) is 0 Å². The number of nitrogens with zero attached hydrogens (tertiary/aromatic N) is 3. The lowest BCUT2D eigenvalue weighted by Crippen LogP contribution is -2.32. The molecule has 0 fully saturated rings. The first-order valence-corrected chi connectivity index (χ1v) is 7.73. The van der Waals surface area contributed by atoms with Crippen LogP contribution in [0.25, 0.3) is 11.3 Å². The number of nitrogens with two attached hydrogens (primary N) is 1. The first kappa shape index (κ1) is 17.3. The highest BCUT2D eigenvalue weighted by Crippen LogP contribution is 2.35. The molecule has 22 heavy (non-hydrogen) atoms. The van der Waals surface area contributed by atoms with Crippen LogP contribution in [0.5, 0.6) is 0 Å². The molecule has 0 atom stereocenters. The van der Waals surface area contributed by atoms with Gasteiger partial charge in [0.05, 0.1) is 16.6 Å². The molecule has 2 aromatic rings. The van der Waals surface area contributed by atoms with Gasteiger partial charge in [0.1, 0.15) is 10.0 Å². The molecule has 0 saturated carbocycles. The minimum absolute atomic E-state index is 0.0758. The highest BCUT2D eigenvalue weighted by atomic mass is 35.5. The van der Waals surface area contributed by atoms with E-state index in [4.69, 9.17) is 57.5 Å². The van der Waals surface area contributed by atoms with Gasteiger partial charge < -0.3 is 5.73 Å². The van der Waals surface area contributed by atoms with Gasteiger partial charge in [-0.05, 0) is 31.5 Å². The Bertz CT molecular complexity index is 779. The predicted molar refractivity (Wildman–Crippen MR) is 90.6 cm³/mol. The Morgan fingerprint density at radius 1 is 1.32 bits per heavy atom. The summed E-state index contributed by atoms with van der Waals surface area (Å²) in [4.78, 5) is 3.96. The Morgan fingerprint density at radius 2 is 1.95 bits per heavy atom. The smallest absolute Gasteiger partial charge is 0.240 e. The van der Waals surface area contributed by atoms with E-state index >= 15 is 0 Å². The van der Waals surface area contributed by atoms with Crippen molar-refractivity contribution in [2.45, 2.75) is 24.7 Å². The molecule has 0 spiro atoms. The number of hydrogen-bond acceptors (Lipinski definition) is 4. The van der Waals surface area contributed by atoms with E-state index in [1.54, 1.807) is 19.1 Å². The van der Waals surface area contributed by atoms with Crippen LogP contribution in [0.3, 0.4) is 0 Å². The molecular weight excluding hydrogens is 368 g/mol. The van der Waals surface area contributed by atoms with Crippen LogP contribution in [0, 0.1) is 12.3 Å². The third-order valence-corrected chi connectivity index (χ3v) is 3.83. The van der Waals surface area contributed by atoms with E-state index in [2.05, 4.69) is 10.1 Å². The number of hydrogen-bond donors (Lipinski definition) is 2. The lowest BCUT2D eigenvalue weighted by Gasteiger charge is -2.16. The van der Waals surface area contributed by atoms with Crippen molar-refractivity contribution in [1.29, 1.82) is 5.41 Å². The summed E-state index contributed by atoms with van der Waals surface area (Å²) in [6, 6.07) is 3.53. The molecule has 1 heterocycles. The highest BCUT2D eigenvalue weighted by molar-refractivity contribution is 6.48. The summed E-state index contributed by atoms with van der Waals surface area (Å²) in [5, 5.41) is 12.8. The summed E-state index contributed by atoms with van der Waals surface area (Å²) in [5.41, 5.74) is 7.49. The van der Waals surface area contributed by atoms with Gasteiger partial charge in [0.15, 0.2) is 5.82 Å². The number of rotatable bonds is 3. The van der Waals surface area contributed by atoms with Gasteiger partial charge in [-0.1, -0.05) is 46.4 Å². The SMILES string of the molecule is Cc1cc(Cl)c(Cl)c(-c2nn(CC(C)(Cl)Cl)c(=N)nc2N)c1. The molecule has 0 bridgehead atoms. The van der Waals surface area contributed by atoms with Gasteiger partial charge in [-0.15, -0.1) is 0 Å². The fourth-order valence-electron chi connectivity index (χ4n) is 1.91. The Balaban J connectivity index is 2.66. The average molecular weight is 381 g/mol. The summed E-state index contributed by atoms with van der Waals surface area (Å²) >= 11 is 24.3. The highest BCUT2D eigenvalue weighted by Gasteiger charge is 2.21. The molecule has 118 valence electrons. The van der Waals surface area contributed by atoms with Gasteiger partial charge in [-0.25, -0.2) is 4.68 Å². The van der Waals surface area contributed by atoms with Crippen LogP contribution in [0.1, 0.15) is 12.5 Å². The normalized spacial score (nSPS) is 11.7. The number of benzene rings is 1. The van der Waals surface area contributed by atoms with Crippen LogP contribution in [-0.2, 0) is 6.54 Å². The standard InChI is InChI=1S/C13H13Cl4N5/c1-6-3-7(9(15)8(14)4-6)10-11(18)20-12(19)22(21-10)5-13(2,16)17/h3-4H,5H2,1-2H3,(H3,18,19,20). The first-order chi connectivity index (χ1) is 10.1. The average Bonchev–Trinajstić information content (AvgIpc) is 2.36. The van der Waals surface area contributed by atoms with Crippen molar-refractivity contribution in [1.82, 2.24) is 14.8 Å². The molecule has 3 N–H and O–H groups in total. The van der Waals surface area contributed by atoms with Crippen LogP contribution in [0.2, 0.25) is 10.0 Å². The third-order valence-electron chi connectivity index (χ3n) is 2.79. The quantitative estimate of drug-likeness (QED) is 0.794. The summed E-state index contributed by atoms with van der Waals surface area (Å²) in [5.74, 6) is 0.0793. The Kier molecular flexibility index (Phi) is 4.92. The van der Waals surface area contributed by atoms with E-state index in [-0.39, 0.29) is 18.0 Å². The number of nitrogen functional groups attached to an aromatic ring is 1. The molecule has 0 aliphatic heterocycles. The van der Waals surface area contributed by atoms with Gasteiger partial charge >= 0.3 is 0 Å². The van der Waals surface area contributed by atoms with E-state index in [0.717, 1.165) is 5.56 Å². The van der Waals surface area contributed by atoms with Crippen molar-refractivity contribution in [2.75, 3.05) is 5.73 Å². The molecule has 0 aliphatic rings. The number of aryl methyl sites for hydroxylation is 1. The van der Waals surface area contributed by atoms with Crippen molar-refractivity contribution < 1.29 is 0 Å². The molecule has 0 amide bonds. The van der Waals surface area contributed by atoms with Crippen molar-refractivity contribution >= 4 is 52.2 Å². The lowest BCUT2D eigenvalue weighted by atomic mass is 10.1. The monoisotopic (exact) mass is 379 g/mol. The Labute approximate surface area is 147 Å². The van der Waals surface area contributed by atoms with E-state index in [1.807, 2.05) is 6.92 Å². The second kappa shape index (κ2) is 6.24. The molecule has 0 saturated heterocycles. The molecule has 9 heteroatoms. The van der Waals surface area contributed by atoms with Crippen LogP contribution in [0.15, 0.2) is 12.1 Å². The van der Waals surface area contributed by atoms with Gasteiger partial charge in [-0.2, -0.15) is 10.1 Å². The summed E-state index contributed by atoms with van der Waals surface area (Å²) < 4.78 is 0.162. The lowest BCUT2D eigenvalue weighted by molar-refractivity contribution is 0.521. The number of nitrogens with one attached hydrogen (secondary N) is 1. The maximum Gasteiger partial charge on any atom is 0.240 e. The maximum absolute atomic E-state index is 7.82. The summed E-state index contributed by atoms with van der Waals surface area (Å²) in [6.45, 7) is 3.54. The van der Waals surface area contributed by atoms with E-state index < -0.39 is 4.33 Å². The van der Waals surface area contributed by atoms with Gasteiger partial charge in [0, 0.05) is 5.56 Å².